The standard InChI is InChI=1S/C35H44N2/c1-8-32(3,4)30-20-15-22-34(6,23-21-30)35(7,26-28(2)29-16-11-9-12-17-29)25-24-33(5,27-37-36)31-18-13-10-14-19-31/h9-27H,8,36H2,1-7H3/b25-24-,28-26+,37-27-. The van der Waals surface area contributed by atoms with Crippen LogP contribution in [0.1, 0.15) is 66.0 Å². The Morgan fingerprint density at radius 3 is 2.14 bits per heavy atom. The lowest BCUT2D eigenvalue weighted by molar-refractivity contribution is 0.315. The molecule has 2 N–H and O–H groups in total. The van der Waals surface area contributed by atoms with Crippen LogP contribution in [0.25, 0.3) is 5.57 Å². The highest BCUT2D eigenvalue weighted by Gasteiger charge is 2.39. The lowest BCUT2D eigenvalue weighted by Gasteiger charge is -2.40. The highest BCUT2D eigenvalue weighted by atomic mass is 15.1. The van der Waals surface area contributed by atoms with E-state index >= 15 is 0 Å². The van der Waals surface area contributed by atoms with Gasteiger partial charge in [-0.2, -0.15) is 5.10 Å². The van der Waals surface area contributed by atoms with Crippen LogP contribution >= 0.6 is 0 Å². The van der Waals surface area contributed by atoms with Gasteiger partial charge in [0.2, 0.25) is 0 Å². The molecule has 2 heteroatoms. The van der Waals surface area contributed by atoms with Crippen molar-refractivity contribution in [2.45, 2.75) is 60.3 Å². The molecule has 1 aliphatic rings. The maximum atomic E-state index is 5.70. The monoisotopic (exact) mass is 492 g/mol. The summed E-state index contributed by atoms with van der Waals surface area (Å²) in [4.78, 5) is 0. The molecule has 194 valence electrons. The Labute approximate surface area is 225 Å². The molecule has 2 aromatic rings. The number of hydrazone groups is 1. The van der Waals surface area contributed by atoms with E-state index in [0.717, 1.165) is 12.0 Å². The summed E-state index contributed by atoms with van der Waals surface area (Å²) < 4.78 is 0. The molecule has 0 spiro atoms. The number of nitrogens with zero attached hydrogens (tertiary/aromatic N) is 1. The molecule has 1 aliphatic carbocycles. The van der Waals surface area contributed by atoms with Gasteiger partial charge >= 0.3 is 0 Å². The van der Waals surface area contributed by atoms with Crippen LogP contribution in [0.4, 0.5) is 0 Å². The summed E-state index contributed by atoms with van der Waals surface area (Å²) >= 11 is 0. The fraction of sp³-hybridized carbons (Fsp3) is 0.343. The predicted octanol–water partition coefficient (Wildman–Crippen LogP) is 9.05. The first-order valence-corrected chi connectivity index (χ1v) is 13.3. The van der Waals surface area contributed by atoms with Gasteiger partial charge in [0.15, 0.2) is 0 Å². The first-order chi connectivity index (χ1) is 17.5. The molecule has 0 radical (unpaired) electrons. The van der Waals surface area contributed by atoms with Crippen molar-refractivity contribution in [3.05, 3.63) is 126 Å². The van der Waals surface area contributed by atoms with E-state index < -0.39 is 5.41 Å². The average molecular weight is 493 g/mol. The minimum absolute atomic E-state index is 0.123. The van der Waals surface area contributed by atoms with Gasteiger partial charge in [0.05, 0.1) is 0 Å². The second-order valence-electron chi connectivity index (χ2n) is 11.6. The fourth-order valence-corrected chi connectivity index (χ4v) is 4.87. The number of nitrogens with two attached hydrogens (primary N) is 1. The number of rotatable bonds is 9. The van der Waals surface area contributed by atoms with E-state index in [9.17, 15) is 0 Å². The van der Waals surface area contributed by atoms with Crippen LogP contribution in [0.3, 0.4) is 0 Å². The van der Waals surface area contributed by atoms with Crippen molar-refractivity contribution >= 4 is 11.8 Å². The average Bonchev–Trinajstić information content (AvgIpc) is 3.12. The zero-order valence-electron chi connectivity index (χ0n) is 23.7. The zero-order valence-corrected chi connectivity index (χ0v) is 23.7. The highest BCUT2D eigenvalue weighted by molar-refractivity contribution is 5.76. The molecule has 3 atom stereocenters. The molecular weight excluding hydrogens is 448 g/mol. The molecule has 37 heavy (non-hydrogen) atoms. The lowest BCUT2D eigenvalue weighted by atomic mass is 9.63. The third kappa shape index (κ3) is 6.31. The minimum Gasteiger partial charge on any atom is -0.324 e. The first kappa shape index (κ1) is 28.2. The number of allylic oxidation sites excluding steroid dienone is 10. The molecule has 0 aromatic heterocycles. The second-order valence-corrected chi connectivity index (χ2v) is 11.6. The van der Waals surface area contributed by atoms with Crippen LogP contribution in [0.5, 0.6) is 0 Å². The van der Waals surface area contributed by atoms with Gasteiger partial charge in [-0.25, -0.2) is 0 Å². The van der Waals surface area contributed by atoms with Gasteiger partial charge in [-0.1, -0.05) is 144 Å². The molecule has 3 rings (SSSR count). The summed E-state index contributed by atoms with van der Waals surface area (Å²) in [6.45, 7) is 15.9. The van der Waals surface area contributed by atoms with E-state index in [1.54, 1.807) is 0 Å². The highest BCUT2D eigenvalue weighted by Crippen LogP contribution is 2.48. The smallest absolute Gasteiger partial charge is 0.0474 e. The summed E-state index contributed by atoms with van der Waals surface area (Å²) in [6, 6.07) is 21.0. The molecule has 2 aromatic carbocycles. The molecule has 0 bridgehead atoms. The third-order valence-electron chi connectivity index (χ3n) is 8.41. The van der Waals surface area contributed by atoms with Gasteiger partial charge in [0, 0.05) is 22.5 Å². The summed E-state index contributed by atoms with van der Waals surface area (Å²) in [6.07, 6.45) is 21.5. The van der Waals surface area contributed by atoms with Crippen LogP contribution in [-0.2, 0) is 5.41 Å². The summed E-state index contributed by atoms with van der Waals surface area (Å²) in [5, 5.41) is 3.96. The van der Waals surface area contributed by atoms with E-state index in [4.69, 9.17) is 5.84 Å². The van der Waals surface area contributed by atoms with Gasteiger partial charge in [0.25, 0.3) is 0 Å². The van der Waals surface area contributed by atoms with Crippen molar-refractivity contribution in [3.8, 4) is 0 Å². The zero-order chi connectivity index (χ0) is 27.2. The Morgan fingerprint density at radius 1 is 0.919 bits per heavy atom. The molecule has 0 aliphatic heterocycles. The quantitative estimate of drug-likeness (QED) is 0.161. The van der Waals surface area contributed by atoms with Crippen LogP contribution in [0.2, 0.25) is 0 Å². The normalized spacial score (nSPS) is 22.0. The summed E-state index contributed by atoms with van der Waals surface area (Å²) in [5.41, 5.74) is 4.07. The summed E-state index contributed by atoms with van der Waals surface area (Å²) in [5.74, 6) is 5.70. The van der Waals surface area contributed by atoms with E-state index in [2.05, 4.69) is 157 Å². The maximum Gasteiger partial charge on any atom is 0.0474 e. The van der Waals surface area contributed by atoms with Crippen molar-refractivity contribution in [1.29, 1.82) is 0 Å². The number of hydrogen-bond acceptors (Lipinski definition) is 2. The maximum absolute atomic E-state index is 5.70. The van der Waals surface area contributed by atoms with E-state index in [-0.39, 0.29) is 16.2 Å². The van der Waals surface area contributed by atoms with Crippen molar-refractivity contribution in [3.63, 3.8) is 0 Å². The molecule has 0 saturated heterocycles. The van der Waals surface area contributed by atoms with E-state index in [1.165, 1.54) is 16.7 Å². The third-order valence-corrected chi connectivity index (χ3v) is 8.41. The van der Waals surface area contributed by atoms with Gasteiger partial charge in [-0.05, 0) is 48.0 Å². The van der Waals surface area contributed by atoms with Gasteiger partial charge in [0.1, 0.15) is 0 Å². The van der Waals surface area contributed by atoms with Crippen LogP contribution in [-0.4, -0.2) is 6.21 Å². The molecule has 0 fully saturated rings. The number of benzene rings is 2. The minimum atomic E-state index is -0.437. The lowest BCUT2D eigenvalue weighted by Crippen LogP contribution is -2.33. The van der Waals surface area contributed by atoms with E-state index in [1.807, 2.05) is 12.3 Å². The Bertz CT molecular complexity index is 1230. The molecule has 0 amide bonds. The second kappa shape index (κ2) is 11.3. The van der Waals surface area contributed by atoms with Crippen LogP contribution in [0.15, 0.2) is 120 Å². The van der Waals surface area contributed by atoms with E-state index in [0.29, 0.717) is 0 Å². The van der Waals surface area contributed by atoms with Gasteiger partial charge < -0.3 is 5.84 Å². The summed E-state index contributed by atoms with van der Waals surface area (Å²) in [7, 11) is 0. The first-order valence-electron chi connectivity index (χ1n) is 13.3. The van der Waals surface area contributed by atoms with Crippen LogP contribution in [0, 0.1) is 16.2 Å². The largest absolute Gasteiger partial charge is 0.324 e. The number of hydrogen-bond donors (Lipinski definition) is 1. The predicted molar refractivity (Wildman–Crippen MR) is 162 cm³/mol. The molecule has 0 heterocycles. The molecule has 2 nitrogen and oxygen atoms in total. The Balaban J connectivity index is 2.17. The molecular formula is C35H44N2. The van der Waals surface area contributed by atoms with Crippen LogP contribution < -0.4 is 5.84 Å². The molecule has 0 saturated carbocycles. The topological polar surface area (TPSA) is 38.4 Å². The Morgan fingerprint density at radius 2 is 1.54 bits per heavy atom. The van der Waals surface area contributed by atoms with Gasteiger partial charge in [-0.3, -0.25) is 0 Å². The van der Waals surface area contributed by atoms with Crippen molar-refractivity contribution in [1.82, 2.24) is 0 Å². The molecule has 3 unspecified atom stereocenters. The Kier molecular flexibility index (Phi) is 8.64. The Hall–Kier alpha value is -3.39. The SMILES string of the molecule is CCC(C)(C)C1=CC=CC(C)(C(C)(/C=C\C(C)(/C=N\N)c2ccccc2)/C=C(\C)c2ccccc2)C=C1. The van der Waals surface area contributed by atoms with Crippen molar-refractivity contribution < 1.29 is 0 Å². The van der Waals surface area contributed by atoms with Crippen molar-refractivity contribution in [2.75, 3.05) is 0 Å². The fourth-order valence-electron chi connectivity index (χ4n) is 4.87. The van der Waals surface area contributed by atoms with Gasteiger partial charge in [-0.15, -0.1) is 0 Å². The van der Waals surface area contributed by atoms with Crippen molar-refractivity contribution in [2.24, 2.45) is 27.2 Å².